The Morgan fingerprint density at radius 1 is 1.12 bits per heavy atom. The molecule has 1 fully saturated rings. The molecule has 0 spiro atoms. The normalized spacial score (nSPS) is 15.6. The van der Waals surface area contributed by atoms with Crippen LogP contribution >= 0.6 is 11.3 Å². The fraction of sp³-hybridized carbons (Fsp3) is 0.412. The van der Waals surface area contributed by atoms with E-state index in [4.69, 9.17) is 5.11 Å². The summed E-state index contributed by atoms with van der Waals surface area (Å²) in [6, 6.07) is 7.89. The highest BCUT2D eigenvalue weighted by atomic mass is 32.1. The highest BCUT2D eigenvalue weighted by Crippen LogP contribution is 2.33. The Morgan fingerprint density at radius 2 is 2.00 bits per heavy atom. The number of aliphatic hydroxyl groups is 1. The second-order valence-electron chi connectivity index (χ2n) is 6.07. The minimum atomic E-state index is 0.120. The van der Waals surface area contributed by atoms with Gasteiger partial charge in [-0.05, 0) is 31.0 Å². The molecule has 0 atom stereocenters. The molecule has 8 heteroatoms. The van der Waals surface area contributed by atoms with Crippen LogP contribution in [0.5, 0.6) is 0 Å². The number of hydrogen-bond donors (Lipinski definition) is 1. The van der Waals surface area contributed by atoms with Gasteiger partial charge in [-0.1, -0.05) is 17.4 Å². The van der Waals surface area contributed by atoms with Crippen LogP contribution in [-0.4, -0.2) is 49.8 Å². The maximum absolute atomic E-state index is 9.16. The SMILES string of the molecule is OCCn1nccc1C1CCN(c2nnc(-c3ccccn3)s2)CC1. The van der Waals surface area contributed by atoms with Gasteiger partial charge in [-0.25, -0.2) is 0 Å². The van der Waals surface area contributed by atoms with Gasteiger partial charge in [0.15, 0.2) is 5.01 Å². The first kappa shape index (κ1) is 16.2. The van der Waals surface area contributed by atoms with E-state index in [1.165, 1.54) is 5.69 Å². The molecule has 130 valence electrons. The van der Waals surface area contributed by atoms with Crippen LogP contribution in [0.1, 0.15) is 24.5 Å². The van der Waals surface area contributed by atoms with Crippen molar-refractivity contribution in [2.75, 3.05) is 24.6 Å². The smallest absolute Gasteiger partial charge is 0.208 e. The van der Waals surface area contributed by atoms with Gasteiger partial charge < -0.3 is 10.0 Å². The van der Waals surface area contributed by atoms with Gasteiger partial charge in [0.2, 0.25) is 5.13 Å². The summed E-state index contributed by atoms with van der Waals surface area (Å²) in [5, 5.41) is 23.9. The lowest BCUT2D eigenvalue weighted by Crippen LogP contribution is -2.33. The molecule has 1 aliphatic heterocycles. The Morgan fingerprint density at radius 3 is 2.76 bits per heavy atom. The van der Waals surface area contributed by atoms with Crippen molar-refractivity contribution in [2.24, 2.45) is 0 Å². The number of anilines is 1. The van der Waals surface area contributed by atoms with Gasteiger partial charge in [0.1, 0.15) is 5.69 Å². The molecule has 0 unspecified atom stereocenters. The van der Waals surface area contributed by atoms with Crippen molar-refractivity contribution in [2.45, 2.75) is 25.3 Å². The van der Waals surface area contributed by atoms with Gasteiger partial charge in [-0.15, -0.1) is 10.2 Å². The zero-order valence-electron chi connectivity index (χ0n) is 13.8. The molecule has 25 heavy (non-hydrogen) atoms. The summed E-state index contributed by atoms with van der Waals surface area (Å²) in [6.07, 6.45) is 5.70. The van der Waals surface area contributed by atoms with E-state index in [2.05, 4.69) is 31.2 Å². The highest BCUT2D eigenvalue weighted by molar-refractivity contribution is 7.18. The first-order valence-corrected chi connectivity index (χ1v) is 9.29. The fourth-order valence-corrected chi connectivity index (χ4v) is 4.15. The predicted molar refractivity (Wildman–Crippen MR) is 96.6 cm³/mol. The number of rotatable bonds is 5. The highest BCUT2D eigenvalue weighted by Gasteiger charge is 2.25. The third-order valence-electron chi connectivity index (χ3n) is 4.54. The van der Waals surface area contributed by atoms with Crippen LogP contribution in [-0.2, 0) is 6.54 Å². The molecule has 1 N–H and O–H groups in total. The summed E-state index contributed by atoms with van der Waals surface area (Å²) in [4.78, 5) is 6.64. The summed E-state index contributed by atoms with van der Waals surface area (Å²) in [6.45, 7) is 2.58. The molecule has 0 radical (unpaired) electrons. The molecule has 1 saturated heterocycles. The predicted octanol–water partition coefficient (Wildman–Crippen LogP) is 2.17. The van der Waals surface area contributed by atoms with Crippen molar-refractivity contribution in [1.82, 2.24) is 25.0 Å². The van der Waals surface area contributed by atoms with Crippen molar-refractivity contribution in [3.63, 3.8) is 0 Å². The number of piperidine rings is 1. The summed E-state index contributed by atoms with van der Waals surface area (Å²) in [5.74, 6) is 0.480. The lowest BCUT2D eigenvalue weighted by molar-refractivity contribution is 0.265. The summed E-state index contributed by atoms with van der Waals surface area (Å²) < 4.78 is 1.92. The van der Waals surface area contributed by atoms with E-state index in [1.54, 1.807) is 17.5 Å². The Hall–Kier alpha value is -2.32. The third kappa shape index (κ3) is 3.40. The molecule has 0 aliphatic carbocycles. The zero-order valence-corrected chi connectivity index (χ0v) is 14.6. The summed E-state index contributed by atoms with van der Waals surface area (Å²) in [5.41, 5.74) is 2.09. The van der Waals surface area contributed by atoms with Crippen LogP contribution in [0.25, 0.3) is 10.7 Å². The third-order valence-corrected chi connectivity index (χ3v) is 5.55. The second kappa shape index (κ2) is 7.28. The van der Waals surface area contributed by atoms with E-state index in [-0.39, 0.29) is 6.61 Å². The van der Waals surface area contributed by atoms with Gasteiger partial charge in [-0.2, -0.15) is 5.10 Å². The van der Waals surface area contributed by atoms with E-state index in [1.807, 2.05) is 29.1 Å². The van der Waals surface area contributed by atoms with Gasteiger partial charge >= 0.3 is 0 Å². The molecular formula is C17H20N6OS. The molecule has 3 aromatic heterocycles. The van der Waals surface area contributed by atoms with Crippen LogP contribution < -0.4 is 4.90 Å². The topological polar surface area (TPSA) is 80.0 Å². The molecule has 3 aromatic rings. The first-order chi connectivity index (χ1) is 12.3. The molecule has 0 aromatic carbocycles. The first-order valence-electron chi connectivity index (χ1n) is 8.47. The Bertz CT molecular complexity index is 809. The largest absolute Gasteiger partial charge is 0.394 e. The Balaban J connectivity index is 1.42. The van der Waals surface area contributed by atoms with Crippen molar-refractivity contribution in [1.29, 1.82) is 0 Å². The van der Waals surface area contributed by atoms with Gasteiger partial charge in [-0.3, -0.25) is 9.67 Å². The number of nitrogens with zero attached hydrogens (tertiary/aromatic N) is 6. The maximum atomic E-state index is 9.16. The van der Waals surface area contributed by atoms with Gasteiger partial charge in [0.05, 0.1) is 13.2 Å². The van der Waals surface area contributed by atoms with Crippen molar-refractivity contribution in [3.8, 4) is 10.7 Å². The number of aromatic nitrogens is 5. The summed E-state index contributed by atoms with van der Waals surface area (Å²) in [7, 11) is 0. The minimum absolute atomic E-state index is 0.120. The van der Waals surface area contributed by atoms with Gasteiger partial charge in [0.25, 0.3) is 0 Å². The van der Waals surface area contributed by atoms with E-state index >= 15 is 0 Å². The minimum Gasteiger partial charge on any atom is -0.394 e. The van der Waals surface area contributed by atoms with Gasteiger partial charge in [0, 0.05) is 37.1 Å². The maximum Gasteiger partial charge on any atom is 0.208 e. The van der Waals surface area contributed by atoms with E-state index < -0.39 is 0 Å². The average Bonchev–Trinajstić information content (AvgIpc) is 3.33. The Kier molecular flexibility index (Phi) is 4.71. The molecule has 0 bridgehead atoms. The quantitative estimate of drug-likeness (QED) is 0.755. The number of aliphatic hydroxyl groups excluding tert-OH is 1. The number of hydrogen-bond acceptors (Lipinski definition) is 7. The zero-order chi connectivity index (χ0) is 17.1. The lowest BCUT2D eigenvalue weighted by Gasteiger charge is -2.31. The summed E-state index contributed by atoms with van der Waals surface area (Å²) >= 11 is 1.59. The van der Waals surface area contributed by atoms with Crippen LogP contribution in [0.3, 0.4) is 0 Å². The van der Waals surface area contributed by atoms with E-state index in [9.17, 15) is 0 Å². The van der Waals surface area contributed by atoms with Crippen LogP contribution in [0, 0.1) is 0 Å². The standard InChI is InChI=1S/C17H20N6OS/c24-12-11-23-15(4-8-19-23)13-5-9-22(10-6-13)17-21-20-16(25-17)14-3-1-2-7-18-14/h1-4,7-8,13,24H,5-6,9-12H2. The average molecular weight is 356 g/mol. The molecular weight excluding hydrogens is 336 g/mol. The van der Waals surface area contributed by atoms with E-state index in [0.717, 1.165) is 41.8 Å². The van der Waals surface area contributed by atoms with Crippen molar-refractivity contribution >= 4 is 16.5 Å². The molecule has 7 nitrogen and oxygen atoms in total. The molecule has 0 saturated carbocycles. The molecule has 1 aliphatic rings. The van der Waals surface area contributed by atoms with Crippen LogP contribution in [0.2, 0.25) is 0 Å². The monoisotopic (exact) mass is 356 g/mol. The van der Waals surface area contributed by atoms with Crippen molar-refractivity contribution in [3.05, 3.63) is 42.4 Å². The van der Waals surface area contributed by atoms with Crippen molar-refractivity contribution < 1.29 is 5.11 Å². The Labute approximate surface area is 150 Å². The fourth-order valence-electron chi connectivity index (χ4n) is 3.27. The molecule has 4 heterocycles. The number of pyridine rings is 1. The molecule has 4 rings (SSSR count). The van der Waals surface area contributed by atoms with E-state index in [0.29, 0.717) is 12.5 Å². The molecule has 0 amide bonds. The second-order valence-corrected chi connectivity index (χ2v) is 7.02. The van der Waals surface area contributed by atoms with Crippen LogP contribution in [0.4, 0.5) is 5.13 Å². The van der Waals surface area contributed by atoms with Crippen LogP contribution in [0.15, 0.2) is 36.7 Å². The lowest BCUT2D eigenvalue weighted by atomic mass is 9.93.